The minimum Gasteiger partial charge on any atom is -0.318 e. The molecule has 1 N–H and O–H groups in total. The van der Waals surface area contributed by atoms with Gasteiger partial charge in [0.2, 0.25) is 11.8 Å². The Balaban J connectivity index is 2.15. The smallest absolute Gasteiger partial charge is 0.254 e. The highest BCUT2D eigenvalue weighted by atomic mass is 16.2. The Hall–Kier alpha value is -2.21. The molecule has 6 heteroatoms. The van der Waals surface area contributed by atoms with Crippen LogP contribution in [-0.4, -0.2) is 54.2 Å². The molecular formula is C15H19N3O3. The Morgan fingerprint density at radius 3 is 2.48 bits per heavy atom. The highest BCUT2D eigenvalue weighted by Gasteiger charge is 2.33. The number of imide groups is 1. The van der Waals surface area contributed by atoms with E-state index in [1.54, 1.807) is 19.1 Å². The Kier molecular flexibility index (Phi) is 4.37. The largest absolute Gasteiger partial charge is 0.318 e. The van der Waals surface area contributed by atoms with Gasteiger partial charge in [-0.15, -0.1) is 0 Å². The van der Waals surface area contributed by atoms with E-state index in [1.807, 2.05) is 31.1 Å². The fourth-order valence-electron chi connectivity index (χ4n) is 2.25. The summed E-state index contributed by atoms with van der Waals surface area (Å²) in [5.41, 5.74) is 1.57. The summed E-state index contributed by atoms with van der Waals surface area (Å²) in [6.07, 6.45) is 0. The monoisotopic (exact) mass is 289 g/mol. The van der Waals surface area contributed by atoms with E-state index in [0.29, 0.717) is 5.56 Å². The minimum atomic E-state index is -0.642. The van der Waals surface area contributed by atoms with Gasteiger partial charge in [0, 0.05) is 12.1 Å². The van der Waals surface area contributed by atoms with Gasteiger partial charge in [-0.2, -0.15) is 0 Å². The number of rotatable bonds is 3. The molecule has 1 heterocycles. The van der Waals surface area contributed by atoms with E-state index < -0.39 is 17.9 Å². The van der Waals surface area contributed by atoms with Gasteiger partial charge >= 0.3 is 0 Å². The number of hydrogen-bond acceptors (Lipinski definition) is 4. The Bertz CT molecular complexity index is 566. The summed E-state index contributed by atoms with van der Waals surface area (Å²) in [4.78, 5) is 38.8. The average molecular weight is 289 g/mol. The molecule has 1 aromatic rings. The van der Waals surface area contributed by atoms with Crippen molar-refractivity contribution >= 4 is 17.7 Å². The normalized spacial score (nSPS) is 18.9. The maximum atomic E-state index is 12.4. The average Bonchev–Trinajstić information content (AvgIpc) is 2.42. The maximum absolute atomic E-state index is 12.4. The molecule has 2 rings (SSSR count). The van der Waals surface area contributed by atoms with Crippen LogP contribution < -0.4 is 5.32 Å². The van der Waals surface area contributed by atoms with E-state index in [-0.39, 0.29) is 12.5 Å². The molecule has 6 nitrogen and oxygen atoms in total. The predicted octanol–water partition coefficient (Wildman–Crippen LogP) is 0.235. The van der Waals surface area contributed by atoms with Gasteiger partial charge in [-0.3, -0.25) is 19.7 Å². The van der Waals surface area contributed by atoms with Crippen LogP contribution in [0, 0.1) is 0 Å². The molecule has 1 unspecified atom stereocenters. The second kappa shape index (κ2) is 6.05. The molecule has 1 aromatic carbocycles. The van der Waals surface area contributed by atoms with Gasteiger partial charge in [-0.25, -0.2) is 0 Å². The molecule has 1 saturated heterocycles. The van der Waals surface area contributed by atoms with Crippen molar-refractivity contribution in [1.29, 1.82) is 0 Å². The van der Waals surface area contributed by atoms with Crippen molar-refractivity contribution < 1.29 is 14.4 Å². The number of nitrogens with zero attached hydrogens (tertiary/aromatic N) is 2. The number of hydrogen-bond donors (Lipinski definition) is 1. The second-order valence-corrected chi connectivity index (χ2v) is 5.46. The number of piperazine rings is 1. The Labute approximate surface area is 123 Å². The first kappa shape index (κ1) is 15.2. The van der Waals surface area contributed by atoms with Crippen LogP contribution in [0.1, 0.15) is 22.8 Å². The van der Waals surface area contributed by atoms with Crippen LogP contribution in [0.4, 0.5) is 0 Å². The van der Waals surface area contributed by atoms with Crippen molar-refractivity contribution in [2.75, 3.05) is 20.6 Å². The first-order valence-corrected chi connectivity index (χ1v) is 6.77. The van der Waals surface area contributed by atoms with Crippen LogP contribution in [0.3, 0.4) is 0 Å². The molecule has 1 fully saturated rings. The van der Waals surface area contributed by atoms with Gasteiger partial charge in [0.25, 0.3) is 5.91 Å². The van der Waals surface area contributed by atoms with Crippen molar-refractivity contribution in [1.82, 2.24) is 15.1 Å². The van der Waals surface area contributed by atoms with Crippen LogP contribution in [-0.2, 0) is 16.1 Å². The van der Waals surface area contributed by atoms with Crippen LogP contribution in [0.5, 0.6) is 0 Å². The van der Waals surface area contributed by atoms with Gasteiger partial charge in [0.1, 0.15) is 12.6 Å². The maximum Gasteiger partial charge on any atom is 0.254 e. The lowest BCUT2D eigenvalue weighted by Crippen LogP contribution is -2.58. The molecule has 3 amide bonds. The van der Waals surface area contributed by atoms with Crippen molar-refractivity contribution in [3.8, 4) is 0 Å². The van der Waals surface area contributed by atoms with Crippen molar-refractivity contribution in [3.63, 3.8) is 0 Å². The molecule has 0 aliphatic carbocycles. The molecule has 0 radical (unpaired) electrons. The van der Waals surface area contributed by atoms with Crippen molar-refractivity contribution in [3.05, 3.63) is 35.4 Å². The van der Waals surface area contributed by atoms with Crippen molar-refractivity contribution in [2.45, 2.75) is 19.5 Å². The number of amides is 3. The lowest BCUT2D eigenvalue weighted by atomic mass is 10.1. The van der Waals surface area contributed by atoms with Gasteiger partial charge in [-0.1, -0.05) is 12.1 Å². The molecule has 0 bridgehead atoms. The third kappa shape index (κ3) is 3.46. The summed E-state index contributed by atoms with van der Waals surface area (Å²) in [7, 11) is 3.94. The Morgan fingerprint density at radius 1 is 1.29 bits per heavy atom. The summed E-state index contributed by atoms with van der Waals surface area (Å²) in [5, 5.41) is 2.22. The number of benzene rings is 1. The molecule has 112 valence electrons. The molecule has 21 heavy (non-hydrogen) atoms. The molecular weight excluding hydrogens is 270 g/mol. The summed E-state index contributed by atoms with van der Waals surface area (Å²) in [5.74, 6) is -1.19. The van der Waals surface area contributed by atoms with E-state index in [4.69, 9.17) is 0 Å². The highest BCUT2D eigenvalue weighted by Crippen LogP contribution is 2.13. The number of carbonyl (C=O) groups excluding carboxylic acids is 3. The SMILES string of the molecule is CC1C(=O)NC(=O)CN1C(=O)c1ccc(CN(C)C)cc1. The van der Waals surface area contributed by atoms with Crippen LogP contribution in [0.15, 0.2) is 24.3 Å². The van der Waals surface area contributed by atoms with Crippen molar-refractivity contribution in [2.24, 2.45) is 0 Å². The lowest BCUT2D eigenvalue weighted by molar-refractivity contribution is -0.138. The molecule has 0 saturated carbocycles. The van der Waals surface area contributed by atoms with E-state index >= 15 is 0 Å². The van der Waals surface area contributed by atoms with Gasteiger partial charge in [0.15, 0.2) is 0 Å². The molecule has 1 atom stereocenters. The van der Waals surface area contributed by atoms with E-state index in [0.717, 1.165) is 12.1 Å². The third-order valence-corrected chi connectivity index (χ3v) is 3.38. The lowest BCUT2D eigenvalue weighted by Gasteiger charge is -2.31. The number of nitrogens with one attached hydrogen (secondary N) is 1. The van der Waals surface area contributed by atoms with Crippen LogP contribution in [0.25, 0.3) is 0 Å². The quantitative estimate of drug-likeness (QED) is 0.809. The number of carbonyl (C=O) groups is 3. The van der Waals surface area contributed by atoms with E-state index in [2.05, 4.69) is 5.32 Å². The van der Waals surface area contributed by atoms with E-state index in [9.17, 15) is 14.4 Å². The highest BCUT2D eigenvalue weighted by molar-refractivity contribution is 6.07. The summed E-state index contributed by atoms with van der Waals surface area (Å²) < 4.78 is 0. The molecule has 0 spiro atoms. The fraction of sp³-hybridized carbons (Fsp3) is 0.400. The van der Waals surface area contributed by atoms with Crippen LogP contribution >= 0.6 is 0 Å². The topological polar surface area (TPSA) is 69.7 Å². The third-order valence-electron chi connectivity index (χ3n) is 3.38. The zero-order chi connectivity index (χ0) is 15.6. The molecule has 0 aromatic heterocycles. The predicted molar refractivity (Wildman–Crippen MR) is 77.5 cm³/mol. The Morgan fingerprint density at radius 2 is 1.90 bits per heavy atom. The molecule has 1 aliphatic heterocycles. The summed E-state index contributed by atoms with van der Waals surface area (Å²) in [6.45, 7) is 2.31. The van der Waals surface area contributed by atoms with Gasteiger partial charge in [-0.05, 0) is 38.7 Å². The zero-order valence-corrected chi connectivity index (χ0v) is 12.4. The van der Waals surface area contributed by atoms with Gasteiger partial charge in [0.05, 0.1) is 0 Å². The van der Waals surface area contributed by atoms with Gasteiger partial charge < -0.3 is 9.80 Å². The molecule has 1 aliphatic rings. The van der Waals surface area contributed by atoms with Crippen LogP contribution in [0.2, 0.25) is 0 Å². The standard InChI is InChI=1S/C15H19N3O3/c1-10-14(20)16-13(19)9-18(10)15(21)12-6-4-11(5-7-12)8-17(2)3/h4-7,10H,8-9H2,1-3H3,(H,16,19,20). The fourth-order valence-corrected chi connectivity index (χ4v) is 2.25. The first-order chi connectivity index (χ1) is 9.88. The summed E-state index contributed by atoms with van der Waals surface area (Å²) in [6, 6.07) is 6.57. The summed E-state index contributed by atoms with van der Waals surface area (Å²) >= 11 is 0. The first-order valence-electron chi connectivity index (χ1n) is 6.77. The minimum absolute atomic E-state index is 0.0921. The second-order valence-electron chi connectivity index (χ2n) is 5.46. The van der Waals surface area contributed by atoms with E-state index in [1.165, 1.54) is 4.90 Å². The zero-order valence-electron chi connectivity index (χ0n) is 12.4.